The molecule has 21 heavy (non-hydrogen) atoms. The van der Waals surface area contributed by atoms with Gasteiger partial charge in [0.15, 0.2) is 6.61 Å². The molecule has 2 aromatic carbocycles. The third-order valence-corrected chi connectivity index (χ3v) is 2.98. The van der Waals surface area contributed by atoms with Crippen LogP contribution in [0.25, 0.3) is 0 Å². The van der Waals surface area contributed by atoms with Crippen molar-refractivity contribution in [1.29, 1.82) is 0 Å². The lowest BCUT2D eigenvalue weighted by Gasteiger charge is -2.06. The maximum atomic E-state index is 11.6. The van der Waals surface area contributed by atoms with Crippen LogP contribution in [0.3, 0.4) is 0 Å². The number of benzene rings is 2. The summed E-state index contributed by atoms with van der Waals surface area (Å²) in [5, 5.41) is 10.5. The first-order chi connectivity index (χ1) is 10.0. The van der Waals surface area contributed by atoms with Crippen LogP contribution in [-0.4, -0.2) is 17.5 Å². The summed E-state index contributed by atoms with van der Waals surface area (Å²) in [6, 6.07) is 12.2. The monoisotopic (exact) mass is 351 g/mol. The number of nitro groups is 1. The third kappa shape index (κ3) is 4.57. The molecule has 0 bridgehead atoms. The second-order valence-electron chi connectivity index (χ2n) is 3.97. The number of carbonyl (C=O) groups is 1. The maximum absolute atomic E-state index is 11.6. The van der Waals surface area contributed by atoms with Crippen LogP contribution in [0, 0.1) is 10.1 Å². The molecule has 0 aliphatic rings. The SMILES string of the molecule is O=C(COc1ccc(Br)cc1)Oc1ccc([N+](=O)[O-])cc1. The van der Waals surface area contributed by atoms with Gasteiger partial charge in [0.1, 0.15) is 11.5 Å². The smallest absolute Gasteiger partial charge is 0.349 e. The van der Waals surface area contributed by atoms with E-state index >= 15 is 0 Å². The fraction of sp³-hybridized carbons (Fsp3) is 0.0714. The molecule has 7 heteroatoms. The fourth-order valence-electron chi connectivity index (χ4n) is 1.47. The number of nitrogens with zero attached hydrogens (tertiary/aromatic N) is 1. The van der Waals surface area contributed by atoms with E-state index in [9.17, 15) is 14.9 Å². The molecule has 0 heterocycles. The summed E-state index contributed by atoms with van der Waals surface area (Å²) in [5.41, 5.74) is -0.0686. The van der Waals surface area contributed by atoms with E-state index in [1.165, 1.54) is 24.3 Å². The molecule has 0 radical (unpaired) electrons. The molecule has 0 atom stereocenters. The summed E-state index contributed by atoms with van der Waals surface area (Å²) in [6.45, 7) is -0.251. The van der Waals surface area contributed by atoms with E-state index < -0.39 is 10.9 Å². The summed E-state index contributed by atoms with van der Waals surface area (Å²) in [4.78, 5) is 21.5. The second-order valence-corrected chi connectivity index (χ2v) is 4.88. The molecule has 0 saturated carbocycles. The van der Waals surface area contributed by atoms with Gasteiger partial charge in [0.05, 0.1) is 4.92 Å². The van der Waals surface area contributed by atoms with Gasteiger partial charge in [0, 0.05) is 16.6 Å². The molecular formula is C14H10BrNO5. The van der Waals surface area contributed by atoms with Gasteiger partial charge in [-0.1, -0.05) is 15.9 Å². The number of ether oxygens (including phenoxy) is 2. The van der Waals surface area contributed by atoms with Crippen LogP contribution in [0.5, 0.6) is 11.5 Å². The predicted molar refractivity (Wildman–Crippen MR) is 78.4 cm³/mol. The molecule has 0 spiro atoms. The highest BCUT2D eigenvalue weighted by Crippen LogP contribution is 2.18. The molecule has 0 aromatic heterocycles. The molecule has 0 aliphatic heterocycles. The third-order valence-electron chi connectivity index (χ3n) is 2.45. The molecular weight excluding hydrogens is 342 g/mol. The molecule has 2 rings (SSSR count). The van der Waals surface area contributed by atoms with Crippen molar-refractivity contribution < 1.29 is 19.2 Å². The molecule has 0 unspecified atom stereocenters. The highest BCUT2D eigenvalue weighted by Gasteiger charge is 2.09. The van der Waals surface area contributed by atoms with Crippen molar-refractivity contribution in [3.8, 4) is 11.5 Å². The van der Waals surface area contributed by atoms with Crippen LogP contribution in [0.1, 0.15) is 0 Å². The fourth-order valence-corrected chi connectivity index (χ4v) is 1.73. The van der Waals surface area contributed by atoms with Crippen molar-refractivity contribution >= 4 is 27.6 Å². The number of nitro benzene ring substituents is 1. The zero-order valence-corrected chi connectivity index (χ0v) is 12.3. The average molecular weight is 352 g/mol. The zero-order valence-electron chi connectivity index (χ0n) is 10.7. The highest BCUT2D eigenvalue weighted by molar-refractivity contribution is 9.10. The Morgan fingerprint density at radius 2 is 1.62 bits per heavy atom. The first-order valence-electron chi connectivity index (χ1n) is 5.88. The van der Waals surface area contributed by atoms with Crippen LogP contribution in [0.2, 0.25) is 0 Å². The van der Waals surface area contributed by atoms with E-state index in [1.54, 1.807) is 24.3 Å². The average Bonchev–Trinajstić information content (AvgIpc) is 2.47. The van der Waals surface area contributed by atoms with Gasteiger partial charge in [-0.15, -0.1) is 0 Å². The number of halogens is 1. The highest BCUT2D eigenvalue weighted by atomic mass is 79.9. The standard InChI is InChI=1S/C14H10BrNO5/c15-10-1-5-12(6-2-10)20-9-14(17)21-13-7-3-11(4-8-13)16(18)19/h1-8H,9H2. The van der Waals surface area contributed by atoms with Gasteiger partial charge in [-0.25, -0.2) is 4.79 Å². The number of hydrogen-bond donors (Lipinski definition) is 0. The first kappa shape index (κ1) is 15.0. The van der Waals surface area contributed by atoms with Crippen molar-refractivity contribution in [1.82, 2.24) is 0 Å². The summed E-state index contributed by atoms with van der Waals surface area (Å²) in [7, 11) is 0. The molecule has 6 nitrogen and oxygen atoms in total. The number of rotatable bonds is 5. The van der Waals surface area contributed by atoms with Crippen LogP contribution in [0.4, 0.5) is 5.69 Å². The molecule has 0 fully saturated rings. The van der Waals surface area contributed by atoms with Crippen LogP contribution in [0.15, 0.2) is 53.0 Å². The topological polar surface area (TPSA) is 78.7 Å². The van der Waals surface area contributed by atoms with Gasteiger partial charge in [-0.05, 0) is 36.4 Å². The Morgan fingerprint density at radius 3 is 2.19 bits per heavy atom. The van der Waals surface area contributed by atoms with Gasteiger partial charge in [0.25, 0.3) is 5.69 Å². The van der Waals surface area contributed by atoms with Gasteiger partial charge >= 0.3 is 5.97 Å². The van der Waals surface area contributed by atoms with E-state index in [0.29, 0.717) is 5.75 Å². The van der Waals surface area contributed by atoms with Crippen molar-refractivity contribution in [2.24, 2.45) is 0 Å². The van der Waals surface area contributed by atoms with Gasteiger partial charge in [-0.2, -0.15) is 0 Å². The zero-order chi connectivity index (χ0) is 15.2. The summed E-state index contributed by atoms with van der Waals surface area (Å²) in [6.07, 6.45) is 0. The molecule has 108 valence electrons. The van der Waals surface area contributed by atoms with Crippen LogP contribution < -0.4 is 9.47 Å². The van der Waals surface area contributed by atoms with E-state index in [-0.39, 0.29) is 18.0 Å². The van der Waals surface area contributed by atoms with E-state index in [4.69, 9.17) is 9.47 Å². The minimum atomic E-state index is -0.591. The maximum Gasteiger partial charge on any atom is 0.349 e. The Hall–Kier alpha value is -2.41. The van der Waals surface area contributed by atoms with Crippen LogP contribution >= 0.6 is 15.9 Å². The molecule has 0 amide bonds. The van der Waals surface area contributed by atoms with Crippen molar-refractivity contribution in [2.75, 3.05) is 6.61 Å². The Kier molecular flexibility index (Phi) is 4.89. The number of carbonyl (C=O) groups excluding carboxylic acids is 1. The molecule has 0 N–H and O–H groups in total. The molecule has 2 aromatic rings. The van der Waals surface area contributed by atoms with Gasteiger partial charge in [0.2, 0.25) is 0 Å². The lowest BCUT2D eigenvalue weighted by atomic mass is 10.3. The number of hydrogen-bond acceptors (Lipinski definition) is 5. The largest absolute Gasteiger partial charge is 0.482 e. The summed E-state index contributed by atoms with van der Waals surface area (Å²) >= 11 is 3.29. The lowest BCUT2D eigenvalue weighted by Crippen LogP contribution is -2.17. The Balaban J connectivity index is 1.86. The van der Waals surface area contributed by atoms with Crippen molar-refractivity contribution in [3.63, 3.8) is 0 Å². The minimum absolute atomic E-state index is 0.0686. The normalized spacial score (nSPS) is 9.95. The number of non-ortho nitro benzene ring substituents is 1. The van der Waals surface area contributed by atoms with E-state index in [1.807, 2.05) is 0 Å². The minimum Gasteiger partial charge on any atom is -0.482 e. The summed E-state index contributed by atoms with van der Waals surface area (Å²) in [5.74, 6) is 0.177. The van der Waals surface area contributed by atoms with Crippen molar-refractivity contribution in [2.45, 2.75) is 0 Å². The van der Waals surface area contributed by atoms with Crippen molar-refractivity contribution in [3.05, 3.63) is 63.1 Å². The van der Waals surface area contributed by atoms with Gasteiger partial charge < -0.3 is 9.47 Å². The van der Waals surface area contributed by atoms with E-state index in [0.717, 1.165) is 4.47 Å². The Bertz CT molecular complexity index is 639. The number of esters is 1. The van der Waals surface area contributed by atoms with Crippen LogP contribution in [-0.2, 0) is 4.79 Å². The molecule has 0 aliphatic carbocycles. The first-order valence-corrected chi connectivity index (χ1v) is 6.67. The lowest BCUT2D eigenvalue weighted by molar-refractivity contribution is -0.384. The Morgan fingerprint density at radius 1 is 1.05 bits per heavy atom. The van der Waals surface area contributed by atoms with E-state index in [2.05, 4.69) is 15.9 Å². The summed E-state index contributed by atoms with van der Waals surface area (Å²) < 4.78 is 11.2. The Labute approximate surface area is 128 Å². The molecule has 0 saturated heterocycles. The second kappa shape index (κ2) is 6.85. The predicted octanol–water partition coefficient (Wildman–Crippen LogP) is 3.34. The quantitative estimate of drug-likeness (QED) is 0.357. The van der Waals surface area contributed by atoms with Gasteiger partial charge in [-0.3, -0.25) is 10.1 Å².